The number of nitrogens with zero attached hydrogens (tertiary/aromatic N) is 1. The number of thioether (sulfide) groups is 1. The van der Waals surface area contributed by atoms with E-state index in [1.165, 1.54) is 11.1 Å². The van der Waals surface area contributed by atoms with Gasteiger partial charge in [0.15, 0.2) is 5.11 Å². The number of rotatable bonds is 6. The molecule has 0 aliphatic carbocycles. The van der Waals surface area contributed by atoms with Crippen LogP contribution in [-0.4, -0.2) is 29.4 Å². The summed E-state index contributed by atoms with van der Waals surface area (Å²) in [4.78, 5) is 4.61. The van der Waals surface area contributed by atoms with Gasteiger partial charge in [-0.3, -0.25) is 4.98 Å². The van der Waals surface area contributed by atoms with Crippen molar-refractivity contribution >= 4 is 29.1 Å². The van der Waals surface area contributed by atoms with Gasteiger partial charge in [-0.2, -0.15) is 0 Å². The van der Waals surface area contributed by atoms with E-state index in [4.69, 9.17) is 12.2 Å². The largest absolute Gasteiger partial charge is 0.366 e. The van der Waals surface area contributed by atoms with Gasteiger partial charge in [-0.1, -0.05) is 36.4 Å². The molecule has 1 unspecified atom stereocenters. The van der Waals surface area contributed by atoms with Crippen LogP contribution in [0.2, 0.25) is 0 Å². The molecule has 0 saturated carbocycles. The molecule has 0 aliphatic heterocycles. The Bertz CT molecular complexity index is 585. The minimum absolute atomic E-state index is 0.242. The van der Waals surface area contributed by atoms with Gasteiger partial charge in [0.1, 0.15) is 0 Å². The summed E-state index contributed by atoms with van der Waals surface area (Å²) in [7, 11) is 1.82. The second kappa shape index (κ2) is 8.76. The third kappa shape index (κ3) is 5.00. The summed E-state index contributed by atoms with van der Waals surface area (Å²) in [6.45, 7) is 2.89. The second-order valence-electron chi connectivity index (χ2n) is 4.93. The molecule has 22 heavy (non-hydrogen) atoms. The van der Waals surface area contributed by atoms with E-state index in [1.54, 1.807) is 0 Å². The third-order valence-corrected chi connectivity index (χ3v) is 4.84. The van der Waals surface area contributed by atoms with E-state index in [0.717, 1.165) is 18.0 Å². The van der Waals surface area contributed by atoms with Crippen LogP contribution in [0.1, 0.15) is 22.1 Å². The molecular formula is C17H21N3S2. The van der Waals surface area contributed by atoms with Crippen molar-refractivity contribution in [3.8, 4) is 0 Å². The molecule has 1 aromatic carbocycles. The summed E-state index contributed by atoms with van der Waals surface area (Å²) < 4.78 is 0. The highest BCUT2D eigenvalue weighted by Crippen LogP contribution is 2.34. The van der Waals surface area contributed by atoms with E-state index < -0.39 is 0 Å². The Kier molecular flexibility index (Phi) is 6.68. The molecule has 0 fully saturated rings. The second-order valence-corrected chi connectivity index (χ2v) is 6.55. The number of pyridine rings is 1. The van der Waals surface area contributed by atoms with Crippen molar-refractivity contribution in [1.29, 1.82) is 0 Å². The molecule has 0 radical (unpaired) electrons. The predicted molar refractivity (Wildman–Crippen MR) is 99.4 cm³/mol. The monoisotopic (exact) mass is 331 g/mol. The fraction of sp³-hybridized carbons (Fsp3) is 0.294. The minimum atomic E-state index is 0.242. The smallest absolute Gasteiger partial charge is 0.166 e. The normalized spacial score (nSPS) is 11.7. The Balaban J connectivity index is 2.06. The summed E-state index contributed by atoms with van der Waals surface area (Å²) in [5.41, 5.74) is 3.56. The molecule has 1 aromatic heterocycles. The number of benzene rings is 1. The maximum Gasteiger partial charge on any atom is 0.166 e. The van der Waals surface area contributed by atoms with Gasteiger partial charge in [-0.25, -0.2) is 0 Å². The Morgan fingerprint density at radius 3 is 2.64 bits per heavy atom. The highest BCUT2D eigenvalue weighted by atomic mass is 32.2. The molecule has 2 rings (SSSR count). The summed E-state index contributed by atoms with van der Waals surface area (Å²) in [6.07, 6.45) is 1.93. The first-order valence-electron chi connectivity index (χ1n) is 7.25. The van der Waals surface area contributed by atoms with Gasteiger partial charge in [-0.05, 0) is 36.3 Å². The van der Waals surface area contributed by atoms with Gasteiger partial charge >= 0.3 is 0 Å². The van der Waals surface area contributed by atoms with Gasteiger partial charge in [0.2, 0.25) is 0 Å². The number of aromatic nitrogens is 1. The molecular weight excluding hydrogens is 310 g/mol. The first-order valence-corrected chi connectivity index (χ1v) is 8.71. The molecule has 0 bridgehead atoms. The zero-order chi connectivity index (χ0) is 15.8. The van der Waals surface area contributed by atoms with E-state index >= 15 is 0 Å². The fourth-order valence-electron chi connectivity index (χ4n) is 2.04. The first kappa shape index (κ1) is 16.8. The van der Waals surface area contributed by atoms with E-state index in [-0.39, 0.29) is 5.25 Å². The van der Waals surface area contributed by atoms with Gasteiger partial charge in [-0.15, -0.1) is 11.8 Å². The van der Waals surface area contributed by atoms with Crippen molar-refractivity contribution in [3.63, 3.8) is 0 Å². The Hall–Kier alpha value is -1.59. The highest BCUT2D eigenvalue weighted by Gasteiger charge is 2.15. The van der Waals surface area contributed by atoms with Gasteiger partial charge in [0, 0.05) is 25.5 Å². The van der Waals surface area contributed by atoms with Crippen LogP contribution in [-0.2, 0) is 0 Å². The number of hydrogen-bond acceptors (Lipinski definition) is 3. The predicted octanol–water partition coefficient (Wildman–Crippen LogP) is 3.31. The average Bonchev–Trinajstić information content (AvgIpc) is 2.56. The first-order chi connectivity index (χ1) is 10.7. The lowest BCUT2D eigenvalue weighted by molar-refractivity contribution is 0.938. The topological polar surface area (TPSA) is 37.0 Å². The minimum Gasteiger partial charge on any atom is -0.366 e. The summed E-state index contributed by atoms with van der Waals surface area (Å²) >= 11 is 6.97. The number of hydrogen-bond donors (Lipinski definition) is 2. The number of aryl methyl sites for hydroxylation is 1. The summed E-state index contributed by atoms with van der Waals surface area (Å²) in [5.74, 6) is 0.955. The van der Waals surface area contributed by atoms with Crippen molar-refractivity contribution in [1.82, 2.24) is 15.6 Å². The zero-order valence-corrected chi connectivity index (χ0v) is 14.5. The quantitative estimate of drug-likeness (QED) is 0.627. The standard InChI is InChI=1S/C17H21N3S2/c1-13-8-9-15(20-12-13)16(14-6-4-3-5-7-14)22-11-10-19-17(21)18-2/h3-9,12,16H,10-11H2,1-2H3,(H2,18,19,21). The van der Waals surface area contributed by atoms with Crippen molar-refractivity contribution in [3.05, 3.63) is 65.5 Å². The molecule has 116 valence electrons. The number of nitrogens with one attached hydrogen (secondary N) is 2. The maximum atomic E-state index is 5.09. The van der Waals surface area contributed by atoms with Crippen LogP contribution in [0.4, 0.5) is 0 Å². The van der Waals surface area contributed by atoms with E-state index in [0.29, 0.717) is 5.11 Å². The molecule has 1 atom stereocenters. The molecule has 0 aliphatic rings. The molecule has 0 spiro atoms. The van der Waals surface area contributed by atoms with E-state index in [2.05, 4.69) is 58.9 Å². The van der Waals surface area contributed by atoms with Crippen LogP contribution in [0, 0.1) is 6.92 Å². The lowest BCUT2D eigenvalue weighted by Gasteiger charge is -2.17. The third-order valence-electron chi connectivity index (χ3n) is 3.20. The van der Waals surface area contributed by atoms with Crippen LogP contribution in [0.5, 0.6) is 0 Å². The van der Waals surface area contributed by atoms with E-state index in [9.17, 15) is 0 Å². The van der Waals surface area contributed by atoms with Crippen molar-refractivity contribution in [2.24, 2.45) is 0 Å². The average molecular weight is 332 g/mol. The van der Waals surface area contributed by atoms with Gasteiger partial charge in [0.25, 0.3) is 0 Å². The maximum absolute atomic E-state index is 5.09. The lowest BCUT2D eigenvalue weighted by Crippen LogP contribution is -2.33. The molecule has 0 saturated heterocycles. The lowest BCUT2D eigenvalue weighted by atomic mass is 10.1. The summed E-state index contributed by atoms with van der Waals surface area (Å²) in [5, 5.41) is 7.03. The van der Waals surface area contributed by atoms with E-state index in [1.807, 2.05) is 31.1 Å². The summed E-state index contributed by atoms with van der Waals surface area (Å²) in [6, 6.07) is 14.7. The number of thiocarbonyl (C=S) groups is 1. The molecule has 2 aromatic rings. The molecule has 2 N–H and O–H groups in total. The van der Waals surface area contributed by atoms with Crippen molar-refractivity contribution in [2.75, 3.05) is 19.3 Å². The molecule has 5 heteroatoms. The van der Waals surface area contributed by atoms with Gasteiger partial charge < -0.3 is 10.6 Å². The molecule has 3 nitrogen and oxygen atoms in total. The van der Waals surface area contributed by atoms with Crippen LogP contribution in [0.15, 0.2) is 48.7 Å². The zero-order valence-electron chi connectivity index (χ0n) is 12.9. The SMILES string of the molecule is CNC(=S)NCCSC(c1ccccc1)c1ccc(C)cn1. The van der Waals surface area contributed by atoms with Gasteiger partial charge in [0.05, 0.1) is 10.9 Å². The van der Waals surface area contributed by atoms with Crippen LogP contribution >= 0.6 is 24.0 Å². The van der Waals surface area contributed by atoms with Crippen molar-refractivity contribution in [2.45, 2.75) is 12.2 Å². The Morgan fingerprint density at radius 2 is 2.00 bits per heavy atom. The van der Waals surface area contributed by atoms with Crippen LogP contribution in [0.25, 0.3) is 0 Å². The van der Waals surface area contributed by atoms with Crippen molar-refractivity contribution < 1.29 is 0 Å². The Labute approximate surface area is 141 Å². The van der Waals surface area contributed by atoms with Crippen LogP contribution in [0.3, 0.4) is 0 Å². The Morgan fingerprint density at radius 1 is 1.23 bits per heavy atom. The fourth-order valence-corrected chi connectivity index (χ4v) is 3.26. The molecule has 1 heterocycles. The highest BCUT2D eigenvalue weighted by molar-refractivity contribution is 7.99. The molecule has 0 amide bonds. The van der Waals surface area contributed by atoms with Crippen LogP contribution < -0.4 is 10.6 Å².